The second-order valence-electron chi connectivity index (χ2n) is 5.90. The molecular formula is C20H14F3NO3S. The zero-order chi connectivity index (χ0) is 20.4. The lowest BCUT2D eigenvalue weighted by molar-refractivity contribution is -0.137. The summed E-state index contributed by atoms with van der Waals surface area (Å²) in [7, 11) is -4.22. The standard InChI is InChI=1S/C20H14F3NO3S/c21-20(22,23)16-7-4-8-18(13-16)28(26,27)24-17-11-9-15(10-12-17)19(25)14-5-2-1-3-6-14/h1-13,24H. The Morgan fingerprint density at radius 1 is 0.786 bits per heavy atom. The normalized spacial score (nSPS) is 11.8. The van der Waals surface area contributed by atoms with Crippen molar-refractivity contribution in [1.82, 2.24) is 0 Å². The number of nitrogens with one attached hydrogen (secondary N) is 1. The van der Waals surface area contributed by atoms with Gasteiger partial charge < -0.3 is 0 Å². The number of ketones is 1. The molecule has 0 spiro atoms. The molecule has 0 unspecified atom stereocenters. The van der Waals surface area contributed by atoms with Crippen molar-refractivity contribution in [1.29, 1.82) is 0 Å². The summed E-state index contributed by atoms with van der Waals surface area (Å²) >= 11 is 0. The van der Waals surface area contributed by atoms with Crippen LogP contribution >= 0.6 is 0 Å². The molecule has 0 heterocycles. The maximum absolute atomic E-state index is 12.8. The van der Waals surface area contributed by atoms with Crippen LogP contribution in [0.1, 0.15) is 21.5 Å². The predicted molar refractivity (Wildman–Crippen MR) is 98.6 cm³/mol. The Morgan fingerprint density at radius 2 is 1.39 bits per heavy atom. The van der Waals surface area contributed by atoms with Gasteiger partial charge in [0.25, 0.3) is 10.0 Å². The summed E-state index contributed by atoms with van der Waals surface area (Å²) in [5.74, 6) is -0.229. The molecule has 1 N–H and O–H groups in total. The van der Waals surface area contributed by atoms with E-state index in [1.54, 1.807) is 30.3 Å². The van der Waals surface area contributed by atoms with E-state index in [4.69, 9.17) is 0 Å². The number of anilines is 1. The largest absolute Gasteiger partial charge is 0.416 e. The lowest BCUT2D eigenvalue weighted by atomic mass is 10.0. The highest BCUT2D eigenvalue weighted by molar-refractivity contribution is 7.92. The summed E-state index contributed by atoms with van der Waals surface area (Å²) < 4.78 is 65.4. The number of halogens is 3. The van der Waals surface area contributed by atoms with Gasteiger partial charge in [-0.2, -0.15) is 13.2 Å². The molecule has 4 nitrogen and oxygen atoms in total. The van der Waals surface area contributed by atoms with Gasteiger partial charge in [-0.15, -0.1) is 0 Å². The predicted octanol–water partition coefficient (Wildman–Crippen LogP) is 4.74. The van der Waals surface area contributed by atoms with Crippen molar-refractivity contribution >= 4 is 21.5 Å². The lowest BCUT2D eigenvalue weighted by Crippen LogP contribution is -2.14. The van der Waals surface area contributed by atoms with Crippen LogP contribution in [0.2, 0.25) is 0 Å². The van der Waals surface area contributed by atoms with Gasteiger partial charge in [0.15, 0.2) is 5.78 Å². The average molecular weight is 405 g/mol. The van der Waals surface area contributed by atoms with Gasteiger partial charge >= 0.3 is 6.18 Å². The number of sulfonamides is 1. The maximum atomic E-state index is 12.8. The molecule has 0 aliphatic heterocycles. The lowest BCUT2D eigenvalue weighted by Gasteiger charge is -2.11. The van der Waals surface area contributed by atoms with Crippen LogP contribution < -0.4 is 4.72 Å². The number of alkyl halides is 3. The van der Waals surface area contributed by atoms with Crippen LogP contribution in [-0.2, 0) is 16.2 Å². The second-order valence-corrected chi connectivity index (χ2v) is 7.59. The average Bonchev–Trinajstić information content (AvgIpc) is 2.68. The monoisotopic (exact) mass is 405 g/mol. The van der Waals surface area contributed by atoms with Crippen molar-refractivity contribution in [2.24, 2.45) is 0 Å². The quantitative estimate of drug-likeness (QED) is 0.624. The number of carbonyl (C=O) groups excluding carboxylic acids is 1. The van der Waals surface area contributed by atoms with E-state index >= 15 is 0 Å². The van der Waals surface area contributed by atoms with Crippen molar-refractivity contribution < 1.29 is 26.4 Å². The molecule has 0 saturated heterocycles. The third kappa shape index (κ3) is 4.40. The summed E-state index contributed by atoms with van der Waals surface area (Å²) in [6.45, 7) is 0. The summed E-state index contributed by atoms with van der Waals surface area (Å²) in [5.41, 5.74) is -0.0887. The number of hydrogen-bond acceptors (Lipinski definition) is 3. The first-order valence-electron chi connectivity index (χ1n) is 8.07. The highest BCUT2D eigenvalue weighted by Crippen LogP contribution is 2.30. The van der Waals surface area contributed by atoms with Crippen LogP contribution in [0.15, 0.2) is 83.8 Å². The zero-order valence-electron chi connectivity index (χ0n) is 14.3. The molecule has 0 aliphatic carbocycles. The van der Waals surface area contributed by atoms with Crippen molar-refractivity contribution in [2.75, 3.05) is 4.72 Å². The summed E-state index contributed by atoms with van der Waals surface area (Å²) in [4.78, 5) is 11.8. The smallest absolute Gasteiger partial charge is 0.289 e. The van der Waals surface area contributed by atoms with Crippen LogP contribution in [-0.4, -0.2) is 14.2 Å². The van der Waals surface area contributed by atoms with E-state index in [0.717, 1.165) is 18.2 Å². The fourth-order valence-electron chi connectivity index (χ4n) is 2.50. The molecule has 0 bridgehead atoms. The third-order valence-corrected chi connectivity index (χ3v) is 5.29. The van der Waals surface area contributed by atoms with Crippen LogP contribution in [0.3, 0.4) is 0 Å². The van der Waals surface area contributed by atoms with Crippen LogP contribution in [0, 0.1) is 0 Å². The van der Waals surface area contributed by atoms with E-state index in [9.17, 15) is 26.4 Å². The van der Waals surface area contributed by atoms with E-state index in [1.165, 1.54) is 24.3 Å². The summed E-state index contributed by atoms with van der Waals surface area (Å²) in [6.07, 6.45) is -4.65. The number of hydrogen-bond donors (Lipinski definition) is 1. The molecule has 28 heavy (non-hydrogen) atoms. The van der Waals surface area contributed by atoms with Crippen LogP contribution in [0.5, 0.6) is 0 Å². The van der Waals surface area contributed by atoms with Crippen molar-refractivity contribution in [3.05, 3.63) is 95.6 Å². The molecular weight excluding hydrogens is 391 g/mol. The third-order valence-electron chi connectivity index (χ3n) is 3.91. The molecule has 0 saturated carbocycles. The van der Waals surface area contributed by atoms with Gasteiger partial charge in [-0.3, -0.25) is 9.52 Å². The highest BCUT2D eigenvalue weighted by Gasteiger charge is 2.31. The molecule has 3 aromatic rings. The molecule has 3 rings (SSSR count). The number of carbonyl (C=O) groups is 1. The zero-order valence-corrected chi connectivity index (χ0v) is 15.1. The Morgan fingerprint density at radius 3 is 2.00 bits per heavy atom. The second kappa shape index (κ2) is 7.47. The van der Waals surface area contributed by atoms with E-state index in [1.807, 2.05) is 0 Å². The highest BCUT2D eigenvalue weighted by atomic mass is 32.2. The Bertz CT molecular complexity index is 1090. The van der Waals surface area contributed by atoms with Crippen molar-refractivity contribution in [3.63, 3.8) is 0 Å². The molecule has 0 radical (unpaired) electrons. The fraction of sp³-hybridized carbons (Fsp3) is 0.0500. The molecule has 8 heteroatoms. The molecule has 0 atom stereocenters. The minimum Gasteiger partial charge on any atom is -0.289 e. The van der Waals surface area contributed by atoms with Gasteiger partial charge in [-0.25, -0.2) is 8.42 Å². The van der Waals surface area contributed by atoms with E-state index in [-0.39, 0.29) is 11.5 Å². The minimum absolute atomic E-state index is 0.127. The Kier molecular flexibility index (Phi) is 5.24. The minimum atomic E-state index is -4.65. The number of rotatable bonds is 5. The van der Waals surface area contributed by atoms with E-state index in [2.05, 4.69) is 4.72 Å². The Balaban J connectivity index is 1.81. The van der Waals surface area contributed by atoms with E-state index < -0.39 is 26.7 Å². The molecule has 0 fully saturated rings. The van der Waals surface area contributed by atoms with Crippen molar-refractivity contribution in [2.45, 2.75) is 11.1 Å². The molecule has 0 amide bonds. The topological polar surface area (TPSA) is 63.2 Å². The number of benzene rings is 3. The van der Waals surface area contributed by atoms with Gasteiger partial charge in [-0.1, -0.05) is 36.4 Å². The van der Waals surface area contributed by atoms with Gasteiger partial charge in [0.05, 0.1) is 10.5 Å². The van der Waals surface area contributed by atoms with Gasteiger partial charge in [0, 0.05) is 16.8 Å². The summed E-state index contributed by atoms with van der Waals surface area (Å²) in [6, 6.07) is 17.7. The summed E-state index contributed by atoms with van der Waals surface area (Å²) in [5, 5.41) is 0. The molecule has 0 aliphatic rings. The first-order valence-corrected chi connectivity index (χ1v) is 9.55. The van der Waals surface area contributed by atoms with Gasteiger partial charge in [0.2, 0.25) is 0 Å². The van der Waals surface area contributed by atoms with E-state index in [0.29, 0.717) is 17.2 Å². The Hall–Kier alpha value is -3.13. The van der Waals surface area contributed by atoms with Gasteiger partial charge in [-0.05, 0) is 42.5 Å². The molecule has 144 valence electrons. The molecule has 0 aromatic heterocycles. The first kappa shape index (κ1) is 19.6. The van der Waals surface area contributed by atoms with Crippen molar-refractivity contribution in [3.8, 4) is 0 Å². The SMILES string of the molecule is O=C(c1ccccc1)c1ccc(NS(=O)(=O)c2cccc(C(F)(F)F)c2)cc1. The van der Waals surface area contributed by atoms with Gasteiger partial charge in [0.1, 0.15) is 0 Å². The molecule has 3 aromatic carbocycles. The first-order chi connectivity index (χ1) is 13.2. The van der Waals surface area contributed by atoms with Crippen LogP contribution in [0.25, 0.3) is 0 Å². The fourth-order valence-corrected chi connectivity index (χ4v) is 3.60. The maximum Gasteiger partial charge on any atom is 0.416 e. The van der Waals surface area contributed by atoms with Crippen LogP contribution in [0.4, 0.5) is 18.9 Å². The Labute approximate surface area is 159 Å².